The van der Waals surface area contributed by atoms with E-state index < -0.39 is 17.1 Å². The molecule has 3 aromatic rings. The topological polar surface area (TPSA) is 86.4 Å². The molecule has 0 amide bonds. The van der Waals surface area contributed by atoms with Crippen molar-refractivity contribution in [2.45, 2.75) is 63.3 Å². The molecule has 0 radical (unpaired) electrons. The Bertz CT molecular complexity index is 1370. The largest absolute Gasteiger partial charge is 0.385 e. The Balaban J connectivity index is 1.89. The summed E-state index contributed by atoms with van der Waals surface area (Å²) in [4.78, 5) is 18.8. The van der Waals surface area contributed by atoms with Crippen molar-refractivity contribution in [3.05, 3.63) is 99.1 Å². The minimum atomic E-state index is -1.55. The third kappa shape index (κ3) is 5.55. The van der Waals surface area contributed by atoms with E-state index in [0.29, 0.717) is 40.1 Å². The summed E-state index contributed by atoms with van der Waals surface area (Å²) < 4.78 is 22.7. The van der Waals surface area contributed by atoms with E-state index in [1.165, 1.54) is 19.4 Å². The predicted molar refractivity (Wildman–Crippen MR) is 152 cm³/mol. The maximum atomic E-state index is 16.5. The number of hydrogen-bond donors (Lipinski definition) is 1. The Morgan fingerprint density at radius 3 is 2.42 bits per heavy atom. The van der Waals surface area contributed by atoms with E-state index >= 15 is 4.39 Å². The summed E-state index contributed by atoms with van der Waals surface area (Å²) in [5.74, 6) is -0.664. The molecule has 1 aromatic heterocycles. The number of carbonyl (C=O) groups is 1. The number of nitriles is 1. The monoisotopic (exact) mass is 563 g/mol. The molecule has 2 aromatic carbocycles. The number of aldehydes is 1. The quantitative estimate of drug-likeness (QED) is 0.218. The maximum absolute atomic E-state index is 16.5. The van der Waals surface area contributed by atoms with E-state index in [1.54, 1.807) is 54.4 Å². The zero-order valence-electron chi connectivity index (χ0n) is 23.2. The number of methoxy groups -OCH3 is 1. The highest BCUT2D eigenvalue weighted by atomic mass is 35.5. The van der Waals surface area contributed by atoms with Crippen LogP contribution < -0.4 is 0 Å². The van der Waals surface area contributed by atoms with Gasteiger partial charge in [-0.25, -0.2) is 4.39 Å². The normalized spacial score (nSPS) is 17.1. The van der Waals surface area contributed by atoms with Crippen LogP contribution in [-0.4, -0.2) is 35.4 Å². The minimum absolute atomic E-state index is 0.00965. The van der Waals surface area contributed by atoms with Gasteiger partial charge in [-0.05, 0) is 74.2 Å². The number of ether oxygens (including phenoxy) is 1. The van der Waals surface area contributed by atoms with Crippen molar-refractivity contribution in [3.63, 3.8) is 0 Å². The first kappa shape index (κ1) is 29.8. The minimum Gasteiger partial charge on any atom is -0.385 e. The Hall–Kier alpha value is -3.15. The summed E-state index contributed by atoms with van der Waals surface area (Å²) in [6, 6.07) is 15.3. The summed E-state index contributed by atoms with van der Waals surface area (Å²) >= 11 is 6.19. The fraction of sp³-hybridized carbons (Fsp3) is 0.406. The number of benzene rings is 2. The summed E-state index contributed by atoms with van der Waals surface area (Å²) in [6.07, 6.45) is 7.39. The molecule has 1 fully saturated rings. The lowest BCUT2D eigenvalue weighted by atomic mass is 9.71. The zero-order chi connectivity index (χ0) is 28.9. The molecular formula is C32H35ClFN3O3. The molecule has 0 aliphatic heterocycles. The molecule has 210 valence electrons. The van der Waals surface area contributed by atoms with E-state index in [-0.39, 0.29) is 23.6 Å². The summed E-state index contributed by atoms with van der Waals surface area (Å²) in [6.45, 7) is 2.11. The number of aromatic nitrogens is 1. The van der Waals surface area contributed by atoms with Gasteiger partial charge < -0.3 is 9.84 Å². The number of pyridine rings is 1. The lowest BCUT2D eigenvalue weighted by Crippen LogP contribution is -2.47. The van der Waals surface area contributed by atoms with Crippen LogP contribution in [0.4, 0.5) is 4.39 Å². The second-order valence-corrected chi connectivity index (χ2v) is 11.0. The van der Waals surface area contributed by atoms with Gasteiger partial charge in [-0.3, -0.25) is 14.7 Å². The third-order valence-electron chi connectivity index (χ3n) is 8.33. The van der Waals surface area contributed by atoms with Crippen molar-refractivity contribution < 1.29 is 19.0 Å². The first-order chi connectivity index (χ1) is 19.2. The van der Waals surface area contributed by atoms with Gasteiger partial charge in [-0.15, -0.1) is 0 Å². The van der Waals surface area contributed by atoms with Crippen LogP contribution in [0.2, 0.25) is 5.02 Å². The zero-order valence-corrected chi connectivity index (χ0v) is 23.9. The predicted octanol–water partition coefficient (Wildman–Crippen LogP) is 6.72. The average Bonchev–Trinajstić information content (AvgIpc) is 2.99. The number of carbonyl (C=O) groups excluding carboxylic acids is 1. The van der Waals surface area contributed by atoms with Crippen molar-refractivity contribution >= 4 is 17.9 Å². The standard InChI is InChI=1S/C32H35ClFN3O3/c1-4-31(39,24-8-6-5-7-9-24)26-16-23(21-38)30(29(34)17-26)32(40-3,25-11-13-27(33)14-12-25)37(2)20-28-15-10-22(18-35)19-36-28/h10-17,19,21,24,39H,4-9,20H2,1-3H3. The molecule has 40 heavy (non-hydrogen) atoms. The molecule has 1 saturated carbocycles. The second-order valence-electron chi connectivity index (χ2n) is 10.5. The van der Waals surface area contributed by atoms with Gasteiger partial charge in [0.05, 0.1) is 16.9 Å². The van der Waals surface area contributed by atoms with Gasteiger partial charge in [0.2, 0.25) is 0 Å². The first-order valence-electron chi connectivity index (χ1n) is 13.6. The van der Waals surface area contributed by atoms with E-state index in [0.717, 1.165) is 32.1 Å². The number of rotatable bonds is 10. The van der Waals surface area contributed by atoms with Crippen molar-refractivity contribution in [2.75, 3.05) is 14.2 Å². The second kappa shape index (κ2) is 12.6. The highest BCUT2D eigenvalue weighted by Crippen LogP contribution is 2.45. The van der Waals surface area contributed by atoms with Crippen LogP contribution in [-0.2, 0) is 22.6 Å². The van der Waals surface area contributed by atoms with Crippen LogP contribution in [0.3, 0.4) is 0 Å². The van der Waals surface area contributed by atoms with E-state index in [4.69, 9.17) is 21.6 Å². The molecule has 6 nitrogen and oxygen atoms in total. The Morgan fingerprint density at radius 2 is 1.88 bits per heavy atom. The van der Waals surface area contributed by atoms with Gasteiger partial charge in [0.1, 0.15) is 11.9 Å². The molecule has 2 unspecified atom stereocenters. The van der Waals surface area contributed by atoms with Crippen LogP contribution in [0.5, 0.6) is 0 Å². The van der Waals surface area contributed by atoms with E-state index in [1.807, 2.05) is 6.92 Å². The lowest BCUT2D eigenvalue weighted by Gasteiger charge is -2.43. The van der Waals surface area contributed by atoms with Gasteiger partial charge in [0.25, 0.3) is 0 Å². The summed E-state index contributed by atoms with van der Waals surface area (Å²) in [5, 5.41) is 21.5. The van der Waals surface area contributed by atoms with Gasteiger partial charge >= 0.3 is 0 Å². The van der Waals surface area contributed by atoms with Crippen LogP contribution >= 0.6 is 11.6 Å². The van der Waals surface area contributed by atoms with Crippen molar-refractivity contribution in [3.8, 4) is 6.07 Å². The third-order valence-corrected chi connectivity index (χ3v) is 8.58. The fourth-order valence-electron chi connectivity index (χ4n) is 6.18. The van der Waals surface area contributed by atoms with Crippen LogP contribution in [0.1, 0.15) is 83.8 Å². The van der Waals surface area contributed by atoms with Crippen LogP contribution in [0.15, 0.2) is 54.7 Å². The molecule has 0 spiro atoms. The Labute approximate surface area is 240 Å². The maximum Gasteiger partial charge on any atom is 0.177 e. The summed E-state index contributed by atoms with van der Waals surface area (Å²) in [5.41, 5.74) is -0.651. The molecule has 1 N–H and O–H groups in total. The van der Waals surface area contributed by atoms with Gasteiger partial charge in [0, 0.05) is 41.6 Å². The lowest BCUT2D eigenvalue weighted by molar-refractivity contribution is -0.107. The molecule has 1 aliphatic rings. The molecule has 1 aliphatic carbocycles. The van der Waals surface area contributed by atoms with Crippen molar-refractivity contribution in [2.24, 2.45) is 5.92 Å². The Morgan fingerprint density at radius 1 is 1.18 bits per heavy atom. The number of aliphatic hydroxyl groups is 1. The molecule has 4 rings (SSSR count). The molecule has 2 atom stereocenters. The van der Waals surface area contributed by atoms with Gasteiger partial charge in [-0.2, -0.15) is 5.26 Å². The highest BCUT2D eigenvalue weighted by molar-refractivity contribution is 6.30. The van der Waals surface area contributed by atoms with Crippen molar-refractivity contribution in [1.82, 2.24) is 9.88 Å². The summed E-state index contributed by atoms with van der Waals surface area (Å²) in [7, 11) is 3.22. The molecule has 1 heterocycles. The molecule has 0 bridgehead atoms. The number of nitrogens with zero attached hydrogens (tertiary/aromatic N) is 3. The van der Waals surface area contributed by atoms with E-state index in [9.17, 15) is 9.90 Å². The molecule has 0 saturated heterocycles. The van der Waals surface area contributed by atoms with Crippen molar-refractivity contribution in [1.29, 1.82) is 5.26 Å². The first-order valence-corrected chi connectivity index (χ1v) is 14.0. The van der Waals surface area contributed by atoms with Crippen LogP contribution in [0, 0.1) is 23.1 Å². The highest BCUT2D eigenvalue weighted by Gasteiger charge is 2.45. The smallest absolute Gasteiger partial charge is 0.177 e. The van der Waals surface area contributed by atoms with E-state index in [2.05, 4.69) is 11.1 Å². The Kier molecular flexibility index (Phi) is 9.37. The van der Waals surface area contributed by atoms with Gasteiger partial charge in [-0.1, -0.05) is 49.9 Å². The SMILES string of the molecule is CCC(O)(c1cc(F)c(C(OC)(c2ccc(Cl)cc2)N(C)Cc2ccc(C#N)cn2)c(C=O)c1)C1CCCCC1. The average molecular weight is 564 g/mol. The molecule has 8 heteroatoms. The van der Waals surface area contributed by atoms with Crippen LogP contribution in [0.25, 0.3) is 0 Å². The number of halogens is 2. The van der Waals surface area contributed by atoms with Gasteiger partial charge in [0.15, 0.2) is 12.0 Å². The molecular weight excluding hydrogens is 529 g/mol. The fourth-order valence-corrected chi connectivity index (χ4v) is 6.31. The number of hydrogen-bond acceptors (Lipinski definition) is 6.